The van der Waals surface area contributed by atoms with Gasteiger partial charge in [0, 0.05) is 6.54 Å². The molecule has 1 N–H and O–H groups in total. The number of nitrogens with one attached hydrogen (secondary N) is 1. The fraction of sp³-hybridized carbons (Fsp3) is 0.778. The molecule has 0 heterocycles. The van der Waals surface area contributed by atoms with E-state index in [1.807, 2.05) is 0 Å². The molecule has 0 amide bonds. The number of methoxy groups -OCH3 is 1. The molecule has 15 heavy (non-hydrogen) atoms. The number of esters is 2. The fourth-order valence-electron chi connectivity index (χ4n) is 0.765. The van der Waals surface area contributed by atoms with Gasteiger partial charge in [-0.3, -0.25) is 4.79 Å². The van der Waals surface area contributed by atoms with Crippen LogP contribution in [0.1, 0.15) is 6.92 Å². The minimum Gasteiger partial charge on any atom is -0.468 e. The first-order valence-electron chi connectivity index (χ1n) is 4.71. The van der Waals surface area contributed by atoms with E-state index in [9.17, 15) is 9.59 Å². The first kappa shape index (κ1) is 13.9. The molecule has 0 aliphatic heterocycles. The van der Waals surface area contributed by atoms with Gasteiger partial charge >= 0.3 is 11.9 Å². The summed E-state index contributed by atoms with van der Waals surface area (Å²) in [5, 5.41) is 2.79. The highest BCUT2D eigenvalue weighted by atomic mass is 16.6. The molecule has 0 unspecified atom stereocenters. The van der Waals surface area contributed by atoms with Gasteiger partial charge in [0.2, 0.25) is 0 Å². The Labute approximate surface area is 88.9 Å². The van der Waals surface area contributed by atoms with E-state index in [0.717, 1.165) is 0 Å². The minimum atomic E-state index is -0.384. The summed E-state index contributed by atoms with van der Waals surface area (Å²) in [5.74, 6) is -0.717. The quantitative estimate of drug-likeness (QED) is 0.431. The zero-order chi connectivity index (χ0) is 11.5. The summed E-state index contributed by atoms with van der Waals surface area (Å²) < 4.78 is 14.0. The van der Waals surface area contributed by atoms with Gasteiger partial charge in [0.25, 0.3) is 0 Å². The fourth-order valence-corrected chi connectivity index (χ4v) is 0.765. The maximum Gasteiger partial charge on any atom is 0.332 e. The van der Waals surface area contributed by atoms with Crippen LogP contribution in [0.4, 0.5) is 0 Å². The van der Waals surface area contributed by atoms with Crippen molar-refractivity contribution in [3.8, 4) is 0 Å². The third-order valence-electron chi connectivity index (χ3n) is 1.45. The van der Waals surface area contributed by atoms with E-state index in [-0.39, 0.29) is 25.1 Å². The van der Waals surface area contributed by atoms with E-state index in [0.29, 0.717) is 19.8 Å². The molecular weight excluding hydrogens is 202 g/mol. The lowest BCUT2D eigenvalue weighted by Crippen LogP contribution is -2.28. The van der Waals surface area contributed by atoms with Crippen LogP contribution >= 0.6 is 0 Å². The maximum atomic E-state index is 10.8. The Morgan fingerprint density at radius 2 is 2.00 bits per heavy atom. The van der Waals surface area contributed by atoms with Gasteiger partial charge in [0.15, 0.2) is 0 Å². The van der Waals surface area contributed by atoms with Gasteiger partial charge in [-0.15, -0.1) is 0 Å². The summed E-state index contributed by atoms with van der Waals surface area (Å²) in [4.78, 5) is 21.4. The molecule has 0 aliphatic carbocycles. The highest BCUT2D eigenvalue weighted by Gasteiger charge is 2.01. The van der Waals surface area contributed by atoms with E-state index in [4.69, 9.17) is 4.74 Å². The minimum absolute atomic E-state index is 0.0618. The lowest BCUT2D eigenvalue weighted by atomic mass is 10.6. The zero-order valence-corrected chi connectivity index (χ0v) is 9.08. The predicted molar refractivity (Wildman–Crippen MR) is 52.3 cm³/mol. The lowest BCUT2D eigenvalue weighted by Gasteiger charge is -2.04. The molecule has 0 aromatic rings. The first-order valence-corrected chi connectivity index (χ1v) is 4.71. The highest BCUT2D eigenvalue weighted by molar-refractivity contribution is 5.71. The van der Waals surface area contributed by atoms with Crippen LogP contribution in [0.5, 0.6) is 0 Å². The number of hydrogen-bond donors (Lipinski definition) is 1. The maximum absolute atomic E-state index is 10.8. The molecule has 6 heteroatoms. The number of rotatable bonds is 8. The molecule has 0 fully saturated rings. The van der Waals surface area contributed by atoms with Crippen LogP contribution < -0.4 is 5.32 Å². The van der Waals surface area contributed by atoms with Crippen LogP contribution in [-0.4, -0.2) is 52.0 Å². The van der Waals surface area contributed by atoms with Gasteiger partial charge < -0.3 is 19.5 Å². The molecular formula is C9H17NO5. The highest BCUT2D eigenvalue weighted by Crippen LogP contribution is 1.80. The lowest BCUT2D eigenvalue weighted by molar-refractivity contribution is -0.148. The van der Waals surface area contributed by atoms with Crippen molar-refractivity contribution in [2.75, 3.05) is 40.0 Å². The van der Waals surface area contributed by atoms with Crippen LogP contribution in [0.25, 0.3) is 0 Å². The Kier molecular flexibility index (Phi) is 8.70. The standard InChI is InChI=1S/C9H17NO5/c1-3-15-9(12)7-14-5-4-10-6-8(11)13-2/h10H,3-7H2,1-2H3. The Morgan fingerprint density at radius 3 is 2.60 bits per heavy atom. The summed E-state index contributed by atoms with van der Waals surface area (Å²) in [6.07, 6.45) is 0. The van der Waals surface area contributed by atoms with Gasteiger partial charge in [0.1, 0.15) is 6.61 Å². The summed E-state index contributed by atoms with van der Waals surface area (Å²) in [6.45, 7) is 2.98. The van der Waals surface area contributed by atoms with Crippen molar-refractivity contribution < 1.29 is 23.8 Å². The molecule has 0 saturated carbocycles. The normalized spacial score (nSPS) is 9.73. The van der Waals surface area contributed by atoms with E-state index >= 15 is 0 Å². The molecule has 88 valence electrons. The molecule has 6 nitrogen and oxygen atoms in total. The Balaban J connectivity index is 3.18. The topological polar surface area (TPSA) is 73.9 Å². The van der Waals surface area contributed by atoms with Crippen molar-refractivity contribution in [1.29, 1.82) is 0 Å². The summed E-state index contributed by atoms with van der Waals surface area (Å²) in [5.41, 5.74) is 0. The molecule has 0 radical (unpaired) electrons. The number of hydrogen-bond acceptors (Lipinski definition) is 6. The summed E-state index contributed by atoms with van der Waals surface area (Å²) >= 11 is 0. The number of carbonyl (C=O) groups is 2. The van der Waals surface area contributed by atoms with Crippen molar-refractivity contribution in [2.45, 2.75) is 6.92 Å². The van der Waals surface area contributed by atoms with E-state index < -0.39 is 0 Å². The Bertz CT molecular complexity index is 195. The van der Waals surface area contributed by atoms with Gasteiger partial charge in [-0.1, -0.05) is 0 Å². The van der Waals surface area contributed by atoms with E-state index in [1.165, 1.54) is 7.11 Å². The zero-order valence-electron chi connectivity index (χ0n) is 9.08. The third-order valence-corrected chi connectivity index (χ3v) is 1.45. The second-order valence-corrected chi connectivity index (χ2v) is 2.61. The molecule has 0 aromatic carbocycles. The molecule has 0 aliphatic rings. The molecule has 0 saturated heterocycles. The summed E-state index contributed by atoms with van der Waals surface area (Å²) in [6, 6.07) is 0. The second kappa shape index (κ2) is 9.42. The monoisotopic (exact) mass is 219 g/mol. The van der Waals surface area contributed by atoms with Gasteiger partial charge in [0.05, 0.1) is 26.9 Å². The number of carbonyl (C=O) groups excluding carboxylic acids is 2. The Hall–Kier alpha value is -1.14. The van der Waals surface area contributed by atoms with Crippen molar-refractivity contribution in [3.63, 3.8) is 0 Å². The molecule has 0 rings (SSSR count). The predicted octanol–water partition coefficient (Wildman–Crippen LogP) is -0.671. The van der Waals surface area contributed by atoms with Crippen LogP contribution in [0, 0.1) is 0 Å². The van der Waals surface area contributed by atoms with Gasteiger partial charge in [-0.25, -0.2) is 4.79 Å². The van der Waals surface area contributed by atoms with Crippen molar-refractivity contribution in [1.82, 2.24) is 5.32 Å². The van der Waals surface area contributed by atoms with Crippen LogP contribution in [0.3, 0.4) is 0 Å². The number of ether oxygens (including phenoxy) is 3. The molecule has 0 aromatic heterocycles. The summed E-state index contributed by atoms with van der Waals surface area (Å²) in [7, 11) is 1.32. The first-order chi connectivity index (χ1) is 7.20. The average Bonchev–Trinajstić information content (AvgIpc) is 2.23. The van der Waals surface area contributed by atoms with Crippen molar-refractivity contribution >= 4 is 11.9 Å². The molecule has 0 atom stereocenters. The largest absolute Gasteiger partial charge is 0.468 e. The smallest absolute Gasteiger partial charge is 0.332 e. The van der Waals surface area contributed by atoms with Crippen LogP contribution in [0.15, 0.2) is 0 Å². The van der Waals surface area contributed by atoms with Crippen LogP contribution in [0.2, 0.25) is 0 Å². The van der Waals surface area contributed by atoms with Crippen LogP contribution in [-0.2, 0) is 23.8 Å². The molecule has 0 bridgehead atoms. The third kappa shape index (κ3) is 9.17. The van der Waals surface area contributed by atoms with Gasteiger partial charge in [-0.05, 0) is 6.92 Å². The van der Waals surface area contributed by atoms with E-state index in [2.05, 4.69) is 14.8 Å². The Morgan fingerprint density at radius 1 is 1.27 bits per heavy atom. The van der Waals surface area contributed by atoms with Gasteiger partial charge in [-0.2, -0.15) is 0 Å². The SMILES string of the molecule is CCOC(=O)COCCNCC(=O)OC. The second-order valence-electron chi connectivity index (χ2n) is 2.61. The average molecular weight is 219 g/mol. The molecule has 0 spiro atoms. The van der Waals surface area contributed by atoms with E-state index in [1.54, 1.807) is 6.92 Å². The van der Waals surface area contributed by atoms with Crippen molar-refractivity contribution in [2.24, 2.45) is 0 Å². The van der Waals surface area contributed by atoms with Crippen molar-refractivity contribution in [3.05, 3.63) is 0 Å².